The van der Waals surface area contributed by atoms with Gasteiger partial charge in [0.05, 0.1) is 0 Å². The topological polar surface area (TPSA) is 52.6 Å². The van der Waals surface area contributed by atoms with Crippen LogP contribution in [0.5, 0.6) is 0 Å². The van der Waals surface area contributed by atoms with Gasteiger partial charge in [-0.15, -0.1) is 9.29 Å². The average molecular weight is 359 g/mol. The molecule has 0 aromatic rings. The maximum Gasteiger partial charge on any atom is 0.389 e. The molecule has 0 aromatic carbocycles. The molecule has 0 amide bonds. The first-order valence-electron chi connectivity index (χ1n) is 6.41. The standard InChI is InChI=1S/2C7H14NO2.2ClH/c2*1-5-7(9)10-8(3,4)6-2;;/h2*5H,1,6H2,2-4H3;2*1H/q2*+1;;/p-2. The highest BCUT2D eigenvalue weighted by molar-refractivity contribution is 5.80. The fourth-order valence-electron chi connectivity index (χ4n) is 0.691. The van der Waals surface area contributed by atoms with E-state index in [1.807, 2.05) is 13.8 Å². The molecule has 0 atom stereocenters. The SMILES string of the molecule is C=CC(=O)O[N+](C)(C)CC.C=CC(=O)O[N+](C)(C)CC.[Cl-].[Cl-]. The Kier molecular flexibility index (Phi) is 17.9. The lowest BCUT2D eigenvalue weighted by Crippen LogP contribution is -3.00. The maximum atomic E-state index is 10.6. The van der Waals surface area contributed by atoms with E-state index >= 15 is 0 Å². The molecule has 6 nitrogen and oxygen atoms in total. The number of quaternary nitrogens is 2. The first-order valence-corrected chi connectivity index (χ1v) is 6.41. The molecule has 0 bridgehead atoms. The van der Waals surface area contributed by atoms with Gasteiger partial charge in [-0.1, -0.05) is 13.2 Å². The first-order chi connectivity index (χ1) is 9.03. The second kappa shape index (κ2) is 13.6. The molecular formula is C14H28Cl2N2O4. The number of hydroxylamine groups is 6. The summed E-state index contributed by atoms with van der Waals surface area (Å²) in [4.78, 5) is 31.1. The van der Waals surface area contributed by atoms with Gasteiger partial charge in [-0.2, -0.15) is 0 Å². The van der Waals surface area contributed by atoms with Gasteiger partial charge >= 0.3 is 11.9 Å². The number of hydrogen-bond donors (Lipinski definition) is 0. The average Bonchev–Trinajstić information content (AvgIpc) is 2.38. The van der Waals surface area contributed by atoms with Crippen LogP contribution in [-0.2, 0) is 19.3 Å². The van der Waals surface area contributed by atoms with Gasteiger partial charge in [-0.25, -0.2) is 9.59 Å². The lowest BCUT2D eigenvalue weighted by Gasteiger charge is -2.23. The second-order valence-electron chi connectivity index (χ2n) is 5.01. The van der Waals surface area contributed by atoms with E-state index in [2.05, 4.69) is 13.2 Å². The zero-order valence-corrected chi connectivity index (χ0v) is 15.8. The lowest BCUT2D eigenvalue weighted by atomic mass is 10.6. The van der Waals surface area contributed by atoms with E-state index < -0.39 is 0 Å². The van der Waals surface area contributed by atoms with Gasteiger partial charge in [-0.3, -0.25) is 9.68 Å². The lowest BCUT2D eigenvalue weighted by molar-refractivity contribution is -1.06. The van der Waals surface area contributed by atoms with E-state index in [0.717, 1.165) is 25.2 Å². The maximum absolute atomic E-state index is 10.6. The van der Waals surface area contributed by atoms with E-state index in [1.54, 1.807) is 28.2 Å². The van der Waals surface area contributed by atoms with E-state index in [0.29, 0.717) is 0 Å². The summed E-state index contributed by atoms with van der Waals surface area (Å²) in [7, 11) is 7.23. The van der Waals surface area contributed by atoms with Crippen LogP contribution in [0, 0.1) is 0 Å². The third kappa shape index (κ3) is 17.0. The molecule has 0 saturated heterocycles. The quantitative estimate of drug-likeness (QED) is 0.272. The minimum absolute atomic E-state index is 0. The Morgan fingerprint density at radius 1 is 0.818 bits per heavy atom. The Hall–Kier alpha value is -1.08. The molecule has 0 unspecified atom stereocenters. The number of rotatable bonds is 6. The minimum Gasteiger partial charge on any atom is -1.00 e. The van der Waals surface area contributed by atoms with Gasteiger partial charge in [-0.05, 0) is 13.8 Å². The molecule has 8 heteroatoms. The van der Waals surface area contributed by atoms with E-state index in [4.69, 9.17) is 9.68 Å². The Balaban J connectivity index is -0.000000135. The highest BCUT2D eigenvalue weighted by Crippen LogP contribution is 1.98. The molecule has 22 heavy (non-hydrogen) atoms. The summed E-state index contributed by atoms with van der Waals surface area (Å²) in [6, 6.07) is 0. The third-order valence-corrected chi connectivity index (χ3v) is 2.53. The van der Waals surface area contributed by atoms with Crippen molar-refractivity contribution >= 4 is 11.9 Å². The molecular weight excluding hydrogens is 331 g/mol. The molecule has 132 valence electrons. The fourth-order valence-corrected chi connectivity index (χ4v) is 0.691. The minimum atomic E-state index is -0.383. The van der Waals surface area contributed by atoms with Crippen molar-refractivity contribution in [1.82, 2.24) is 0 Å². The molecule has 0 aliphatic carbocycles. The van der Waals surface area contributed by atoms with Crippen LogP contribution in [0.25, 0.3) is 0 Å². The molecule has 0 spiro atoms. The Morgan fingerprint density at radius 3 is 1.18 bits per heavy atom. The van der Waals surface area contributed by atoms with Gasteiger partial charge in [0, 0.05) is 12.2 Å². The van der Waals surface area contributed by atoms with Gasteiger partial charge in [0.2, 0.25) is 0 Å². The summed E-state index contributed by atoms with van der Waals surface area (Å²) in [6.45, 7) is 12.0. The molecule has 0 N–H and O–H groups in total. The predicted molar refractivity (Wildman–Crippen MR) is 77.9 cm³/mol. The van der Waals surface area contributed by atoms with Gasteiger partial charge in [0.25, 0.3) is 0 Å². The summed E-state index contributed by atoms with van der Waals surface area (Å²) < 4.78 is 0.482. The first kappa shape index (κ1) is 29.0. The van der Waals surface area contributed by atoms with Crippen LogP contribution in [0.4, 0.5) is 0 Å². The molecule has 0 fully saturated rings. The summed E-state index contributed by atoms with van der Waals surface area (Å²) in [5.41, 5.74) is 0. The monoisotopic (exact) mass is 358 g/mol. The van der Waals surface area contributed by atoms with Gasteiger partial charge in [0.15, 0.2) is 0 Å². The van der Waals surface area contributed by atoms with Crippen molar-refractivity contribution in [3.8, 4) is 0 Å². The Labute approximate surface area is 146 Å². The number of hydrogen-bond acceptors (Lipinski definition) is 4. The molecule has 0 rings (SSSR count). The number of nitrogens with zero attached hydrogens (tertiary/aromatic N) is 2. The zero-order chi connectivity index (χ0) is 16.4. The van der Waals surface area contributed by atoms with Crippen LogP contribution in [0.1, 0.15) is 13.8 Å². The van der Waals surface area contributed by atoms with E-state index in [-0.39, 0.29) is 46.0 Å². The van der Waals surface area contributed by atoms with Crippen molar-refractivity contribution in [3.63, 3.8) is 0 Å². The van der Waals surface area contributed by atoms with Crippen molar-refractivity contribution in [2.24, 2.45) is 0 Å². The van der Waals surface area contributed by atoms with Crippen molar-refractivity contribution in [1.29, 1.82) is 0 Å². The van der Waals surface area contributed by atoms with Crippen LogP contribution in [0.3, 0.4) is 0 Å². The number of carbonyl (C=O) groups excluding carboxylic acids is 2. The molecule has 0 aliphatic heterocycles. The van der Waals surface area contributed by atoms with Crippen LogP contribution in [0.15, 0.2) is 25.3 Å². The van der Waals surface area contributed by atoms with Crippen LogP contribution < -0.4 is 24.8 Å². The number of carbonyl (C=O) groups is 2. The molecule has 0 aromatic heterocycles. The third-order valence-electron chi connectivity index (χ3n) is 2.53. The van der Waals surface area contributed by atoms with Gasteiger partial charge < -0.3 is 24.8 Å². The summed E-state index contributed by atoms with van der Waals surface area (Å²) in [6.07, 6.45) is 2.32. The highest BCUT2D eigenvalue weighted by Gasteiger charge is 2.17. The van der Waals surface area contributed by atoms with Crippen LogP contribution in [0.2, 0.25) is 0 Å². The Morgan fingerprint density at radius 2 is 1.05 bits per heavy atom. The second-order valence-corrected chi connectivity index (χ2v) is 5.01. The summed E-state index contributed by atoms with van der Waals surface area (Å²) in [5.74, 6) is -0.765. The van der Waals surface area contributed by atoms with Crippen LogP contribution in [-0.4, -0.2) is 62.5 Å². The normalized spacial score (nSPS) is 9.73. The molecule has 0 saturated carbocycles. The molecule has 0 heterocycles. The van der Waals surface area contributed by atoms with Crippen molar-refractivity contribution in [3.05, 3.63) is 25.3 Å². The predicted octanol–water partition coefficient (Wildman–Crippen LogP) is -4.54. The van der Waals surface area contributed by atoms with Crippen molar-refractivity contribution in [2.45, 2.75) is 13.8 Å². The Bertz CT molecular complexity index is 325. The van der Waals surface area contributed by atoms with Crippen molar-refractivity contribution < 1.29 is 53.4 Å². The smallest absolute Gasteiger partial charge is 0.389 e. The molecule has 0 aliphatic rings. The van der Waals surface area contributed by atoms with E-state index in [9.17, 15) is 9.59 Å². The summed E-state index contributed by atoms with van der Waals surface area (Å²) in [5, 5.41) is 0. The van der Waals surface area contributed by atoms with E-state index in [1.165, 1.54) is 0 Å². The van der Waals surface area contributed by atoms with Crippen molar-refractivity contribution in [2.75, 3.05) is 41.3 Å². The number of halogens is 2. The summed E-state index contributed by atoms with van der Waals surface area (Å²) >= 11 is 0. The fraction of sp³-hybridized carbons (Fsp3) is 0.571. The largest absolute Gasteiger partial charge is 1.00 e. The molecule has 0 radical (unpaired) electrons. The highest BCUT2D eigenvalue weighted by atomic mass is 35.5. The van der Waals surface area contributed by atoms with Gasteiger partial charge in [0.1, 0.15) is 41.3 Å². The van der Waals surface area contributed by atoms with Crippen LogP contribution >= 0.6 is 0 Å². The zero-order valence-electron chi connectivity index (χ0n) is 14.3.